The molecule has 28 heavy (non-hydrogen) atoms. The van der Waals surface area contributed by atoms with Crippen molar-refractivity contribution < 1.29 is 19.1 Å². The number of methoxy groups -OCH3 is 2. The molecule has 0 radical (unpaired) electrons. The maximum Gasteiger partial charge on any atom is 0.354 e. The molecule has 3 aromatic rings. The molecule has 8 heteroatoms. The highest BCUT2D eigenvalue weighted by molar-refractivity contribution is 7.13. The van der Waals surface area contributed by atoms with Crippen molar-refractivity contribution >= 4 is 29.0 Å². The van der Waals surface area contributed by atoms with E-state index in [-0.39, 0.29) is 5.70 Å². The number of rotatable bonds is 6. The molecule has 0 spiro atoms. The van der Waals surface area contributed by atoms with Gasteiger partial charge in [0.05, 0.1) is 26.0 Å². The third-order valence-corrected chi connectivity index (χ3v) is 4.61. The number of carbonyl (C=O) groups excluding carboxylic acids is 2. The summed E-state index contributed by atoms with van der Waals surface area (Å²) in [6, 6.07) is 11.2. The minimum Gasteiger partial charge on any atom is -0.466 e. The fourth-order valence-electron chi connectivity index (χ4n) is 2.37. The average Bonchev–Trinajstić information content (AvgIpc) is 3.24. The van der Waals surface area contributed by atoms with E-state index in [1.807, 2.05) is 35.7 Å². The number of esters is 2. The highest BCUT2D eigenvalue weighted by atomic mass is 32.1. The van der Waals surface area contributed by atoms with E-state index in [1.165, 1.54) is 25.6 Å². The van der Waals surface area contributed by atoms with Gasteiger partial charge in [0.2, 0.25) is 0 Å². The Morgan fingerprint density at radius 2 is 1.93 bits per heavy atom. The van der Waals surface area contributed by atoms with E-state index in [9.17, 15) is 9.59 Å². The summed E-state index contributed by atoms with van der Waals surface area (Å²) in [4.78, 5) is 32.2. The quantitative estimate of drug-likeness (QED) is 0.504. The van der Waals surface area contributed by atoms with Gasteiger partial charge in [-0.15, -0.1) is 11.3 Å². The molecule has 0 fully saturated rings. The fourth-order valence-corrected chi connectivity index (χ4v) is 3.20. The molecule has 0 amide bonds. The lowest BCUT2D eigenvalue weighted by molar-refractivity contribution is -0.138. The van der Waals surface area contributed by atoms with Crippen molar-refractivity contribution in [2.24, 2.45) is 0 Å². The van der Waals surface area contributed by atoms with Gasteiger partial charge in [0.25, 0.3) is 0 Å². The van der Waals surface area contributed by atoms with Gasteiger partial charge < -0.3 is 14.8 Å². The van der Waals surface area contributed by atoms with Crippen LogP contribution in [-0.2, 0) is 19.1 Å². The molecule has 3 rings (SSSR count). The molecular formula is C20H17N3O4S. The van der Waals surface area contributed by atoms with Crippen molar-refractivity contribution in [3.8, 4) is 21.8 Å². The SMILES string of the molecule is COC(=O)/C=C(/Nc1cccc(-c2nc(-c3cccnc3)cs2)c1)C(=O)OC. The molecule has 0 bridgehead atoms. The summed E-state index contributed by atoms with van der Waals surface area (Å²) in [5, 5.41) is 5.68. The monoisotopic (exact) mass is 395 g/mol. The summed E-state index contributed by atoms with van der Waals surface area (Å²) >= 11 is 1.50. The van der Waals surface area contributed by atoms with E-state index < -0.39 is 11.9 Å². The van der Waals surface area contributed by atoms with Crippen molar-refractivity contribution in [2.45, 2.75) is 0 Å². The molecule has 2 aromatic heterocycles. The Labute approximate surface area is 165 Å². The maximum absolute atomic E-state index is 11.9. The zero-order valence-corrected chi connectivity index (χ0v) is 16.0. The largest absolute Gasteiger partial charge is 0.466 e. The van der Waals surface area contributed by atoms with Gasteiger partial charge in [0.15, 0.2) is 0 Å². The van der Waals surface area contributed by atoms with Crippen LogP contribution in [0.25, 0.3) is 21.8 Å². The lowest BCUT2D eigenvalue weighted by Gasteiger charge is -2.10. The second-order valence-corrected chi connectivity index (χ2v) is 6.42. The number of hydrogen-bond donors (Lipinski definition) is 1. The number of anilines is 1. The Hall–Kier alpha value is -3.52. The predicted molar refractivity (Wildman–Crippen MR) is 107 cm³/mol. The Morgan fingerprint density at radius 3 is 2.64 bits per heavy atom. The summed E-state index contributed by atoms with van der Waals surface area (Å²) in [5.41, 5.74) is 3.23. The van der Waals surface area contributed by atoms with E-state index in [0.717, 1.165) is 27.9 Å². The summed E-state index contributed by atoms with van der Waals surface area (Å²) < 4.78 is 9.28. The van der Waals surface area contributed by atoms with Gasteiger partial charge in [-0.2, -0.15) is 0 Å². The van der Waals surface area contributed by atoms with E-state index in [0.29, 0.717) is 5.69 Å². The van der Waals surface area contributed by atoms with E-state index in [1.54, 1.807) is 18.5 Å². The van der Waals surface area contributed by atoms with Crippen LogP contribution < -0.4 is 5.32 Å². The first-order valence-electron chi connectivity index (χ1n) is 8.22. The van der Waals surface area contributed by atoms with Crippen LogP contribution in [0.15, 0.2) is 65.9 Å². The molecule has 0 aliphatic carbocycles. The lowest BCUT2D eigenvalue weighted by atomic mass is 10.2. The number of nitrogens with zero attached hydrogens (tertiary/aromatic N) is 2. The van der Waals surface area contributed by atoms with Crippen LogP contribution in [0.5, 0.6) is 0 Å². The van der Waals surface area contributed by atoms with E-state index in [4.69, 9.17) is 4.74 Å². The number of carbonyl (C=O) groups is 2. The second kappa shape index (κ2) is 8.92. The highest BCUT2D eigenvalue weighted by Crippen LogP contribution is 2.30. The van der Waals surface area contributed by atoms with Crippen molar-refractivity contribution in [1.29, 1.82) is 0 Å². The van der Waals surface area contributed by atoms with Gasteiger partial charge in [0.1, 0.15) is 10.7 Å². The smallest absolute Gasteiger partial charge is 0.354 e. The van der Waals surface area contributed by atoms with Crippen LogP contribution in [0, 0.1) is 0 Å². The summed E-state index contributed by atoms with van der Waals surface area (Å²) in [5.74, 6) is -1.34. The van der Waals surface area contributed by atoms with E-state index >= 15 is 0 Å². The molecule has 0 atom stereocenters. The van der Waals surface area contributed by atoms with Crippen molar-refractivity contribution in [1.82, 2.24) is 9.97 Å². The first-order chi connectivity index (χ1) is 13.6. The summed E-state index contributed by atoms with van der Waals surface area (Å²) in [6.07, 6.45) is 4.52. The number of hydrogen-bond acceptors (Lipinski definition) is 8. The van der Waals surface area contributed by atoms with Gasteiger partial charge in [0, 0.05) is 34.6 Å². The Balaban J connectivity index is 1.86. The van der Waals surface area contributed by atoms with Crippen molar-refractivity contribution in [3.05, 3.63) is 65.9 Å². The fraction of sp³-hybridized carbons (Fsp3) is 0.100. The third kappa shape index (κ3) is 4.60. The standard InChI is InChI=1S/C20H17N3O4S/c1-26-18(24)10-16(20(25)27-2)22-15-7-3-5-13(9-15)19-23-17(12-28-19)14-6-4-8-21-11-14/h3-12,22H,1-2H3/b16-10+. The average molecular weight is 395 g/mol. The maximum atomic E-state index is 11.9. The molecule has 0 saturated heterocycles. The zero-order valence-electron chi connectivity index (χ0n) is 15.2. The zero-order chi connectivity index (χ0) is 19.9. The summed E-state index contributed by atoms with van der Waals surface area (Å²) in [7, 11) is 2.47. The highest BCUT2D eigenvalue weighted by Gasteiger charge is 2.14. The first-order valence-corrected chi connectivity index (χ1v) is 9.10. The van der Waals surface area contributed by atoms with Crippen LogP contribution in [-0.4, -0.2) is 36.1 Å². The van der Waals surface area contributed by atoms with Crippen LogP contribution in [0.3, 0.4) is 0 Å². The Morgan fingerprint density at radius 1 is 1.11 bits per heavy atom. The van der Waals surface area contributed by atoms with Gasteiger partial charge in [-0.3, -0.25) is 4.98 Å². The van der Waals surface area contributed by atoms with Gasteiger partial charge in [-0.05, 0) is 24.3 Å². The molecule has 0 aliphatic heterocycles. The molecule has 0 aliphatic rings. The number of pyridine rings is 1. The van der Waals surface area contributed by atoms with Crippen molar-refractivity contribution in [3.63, 3.8) is 0 Å². The van der Waals surface area contributed by atoms with Crippen LogP contribution in [0.1, 0.15) is 0 Å². The number of nitrogens with one attached hydrogen (secondary N) is 1. The Kier molecular flexibility index (Phi) is 6.13. The molecule has 0 saturated carbocycles. The minimum atomic E-state index is -0.677. The predicted octanol–water partition coefficient (Wildman–Crippen LogP) is 3.51. The normalized spacial score (nSPS) is 11.0. The number of aromatic nitrogens is 2. The number of ether oxygens (including phenoxy) is 2. The van der Waals surface area contributed by atoms with Crippen LogP contribution >= 0.6 is 11.3 Å². The Bertz CT molecular complexity index is 1020. The van der Waals surface area contributed by atoms with Gasteiger partial charge >= 0.3 is 11.9 Å². The van der Waals surface area contributed by atoms with Crippen LogP contribution in [0.2, 0.25) is 0 Å². The topological polar surface area (TPSA) is 90.4 Å². The molecule has 142 valence electrons. The summed E-state index contributed by atoms with van der Waals surface area (Å²) in [6.45, 7) is 0. The number of thiazole rings is 1. The third-order valence-electron chi connectivity index (χ3n) is 3.72. The van der Waals surface area contributed by atoms with Gasteiger partial charge in [-0.1, -0.05) is 12.1 Å². The van der Waals surface area contributed by atoms with Crippen molar-refractivity contribution in [2.75, 3.05) is 19.5 Å². The molecule has 1 aromatic carbocycles. The molecule has 2 heterocycles. The lowest BCUT2D eigenvalue weighted by Crippen LogP contribution is -2.15. The first kappa shape index (κ1) is 19.2. The number of benzene rings is 1. The van der Waals surface area contributed by atoms with Gasteiger partial charge in [-0.25, -0.2) is 14.6 Å². The minimum absolute atomic E-state index is 0.0262. The molecule has 7 nitrogen and oxygen atoms in total. The van der Waals surface area contributed by atoms with E-state index in [2.05, 4.69) is 20.0 Å². The molecule has 1 N–H and O–H groups in total. The second-order valence-electron chi connectivity index (χ2n) is 5.56. The van der Waals surface area contributed by atoms with Crippen LogP contribution in [0.4, 0.5) is 5.69 Å². The molecular weight excluding hydrogens is 378 g/mol. The molecule has 0 unspecified atom stereocenters.